The second kappa shape index (κ2) is 7.88. The predicted octanol–water partition coefficient (Wildman–Crippen LogP) is 0.456. The van der Waals surface area contributed by atoms with Crippen molar-refractivity contribution in [2.45, 2.75) is 44.8 Å². The lowest BCUT2D eigenvalue weighted by Gasteiger charge is -2.42. The maximum Gasteiger partial charge on any atom is 0.0938 e. The molecule has 0 spiro atoms. The summed E-state index contributed by atoms with van der Waals surface area (Å²) in [5, 5.41) is 23.0. The Labute approximate surface area is 128 Å². The summed E-state index contributed by atoms with van der Waals surface area (Å²) in [4.78, 5) is 2.24. The van der Waals surface area contributed by atoms with Crippen molar-refractivity contribution in [1.82, 2.24) is 10.2 Å². The van der Waals surface area contributed by atoms with Crippen LogP contribution in [0, 0.1) is 11.3 Å². The molecule has 2 aliphatic rings. The second-order valence-electron chi connectivity index (χ2n) is 7.18. The van der Waals surface area contributed by atoms with Gasteiger partial charge in [-0.3, -0.25) is 4.90 Å². The molecule has 1 saturated carbocycles. The van der Waals surface area contributed by atoms with Crippen molar-refractivity contribution in [3.05, 3.63) is 0 Å². The van der Waals surface area contributed by atoms with Crippen LogP contribution in [0.25, 0.3) is 0 Å². The highest BCUT2D eigenvalue weighted by atomic mass is 16.5. The summed E-state index contributed by atoms with van der Waals surface area (Å²) < 4.78 is 5.10. The van der Waals surface area contributed by atoms with Crippen molar-refractivity contribution in [2.24, 2.45) is 11.3 Å². The van der Waals surface area contributed by atoms with Gasteiger partial charge in [0.25, 0.3) is 0 Å². The number of rotatable bonds is 7. The van der Waals surface area contributed by atoms with Crippen LogP contribution in [-0.4, -0.2) is 73.8 Å². The van der Waals surface area contributed by atoms with Crippen LogP contribution in [0.4, 0.5) is 0 Å². The molecule has 2 atom stereocenters. The lowest BCUT2D eigenvalue weighted by Crippen LogP contribution is -2.46. The van der Waals surface area contributed by atoms with Gasteiger partial charge in [-0.15, -0.1) is 0 Å². The molecule has 124 valence electrons. The van der Waals surface area contributed by atoms with Gasteiger partial charge in [0.1, 0.15) is 0 Å². The van der Waals surface area contributed by atoms with Crippen LogP contribution in [0.5, 0.6) is 0 Å². The van der Waals surface area contributed by atoms with E-state index in [2.05, 4.69) is 17.1 Å². The van der Waals surface area contributed by atoms with Crippen LogP contribution >= 0.6 is 0 Å². The minimum Gasteiger partial charge on any atom is -0.389 e. The van der Waals surface area contributed by atoms with Crippen LogP contribution in [0.15, 0.2) is 0 Å². The Kier molecular flexibility index (Phi) is 6.44. The summed E-state index contributed by atoms with van der Waals surface area (Å²) in [7, 11) is 1.73. The minimum absolute atomic E-state index is 0.282. The third-order valence-electron chi connectivity index (χ3n) is 5.21. The molecule has 5 nitrogen and oxygen atoms in total. The number of nitrogens with one attached hydrogen (secondary N) is 1. The highest BCUT2D eigenvalue weighted by Crippen LogP contribution is 2.39. The molecule has 1 aliphatic carbocycles. The molecule has 0 bridgehead atoms. The highest BCUT2D eigenvalue weighted by molar-refractivity contribution is 4.93. The largest absolute Gasteiger partial charge is 0.389 e. The van der Waals surface area contributed by atoms with Gasteiger partial charge in [-0.2, -0.15) is 0 Å². The first kappa shape index (κ1) is 17.2. The molecule has 1 aliphatic heterocycles. The number of likely N-dealkylation sites (tertiary alicyclic amines) is 1. The van der Waals surface area contributed by atoms with Crippen molar-refractivity contribution in [3.8, 4) is 0 Å². The third-order valence-corrected chi connectivity index (χ3v) is 5.21. The fourth-order valence-electron chi connectivity index (χ4n) is 3.74. The summed E-state index contributed by atoms with van der Waals surface area (Å²) in [5.74, 6) is 0.826. The zero-order valence-electron chi connectivity index (χ0n) is 13.6. The standard InChI is InChI=1S/C16H32N2O3/c1-13-3-5-16(6-4-13,11-17-7-8-21-2)12-18-9-14(19)15(20)10-18/h13-15,17,19-20H,3-12H2,1-2H3. The van der Waals surface area contributed by atoms with E-state index in [-0.39, 0.29) is 5.41 Å². The number of aliphatic hydroxyl groups excluding tert-OH is 2. The Morgan fingerprint density at radius 1 is 1.19 bits per heavy atom. The van der Waals surface area contributed by atoms with Crippen LogP contribution in [0.2, 0.25) is 0 Å². The number of hydrogen-bond acceptors (Lipinski definition) is 5. The summed E-state index contributed by atoms with van der Waals surface area (Å²) in [5.41, 5.74) is 0.282. The summed E-state index contributed by atoms with van der Waals surface area (Å²) >= 11 is 0. The monoisotopic (exact) mass is 300 g/mol. The molecule has 0 aromatic rings. The van der Waals surface area contributed by atoms with Crippen LogP contribution in [-0.2, 0) is 4.74 Å². The van der Waals surface area contributed by atoms with Crippen molar-refractivity contribution in [3.63, 3.8) is 0 Å². The van der Waals surface area contributed by atoms with Gasteiger partial charge < -0.3 is 20.3 Å². The molecule has 0 radical (unpaired) electrons. The highest BCUT2D eigenvalue weighted by Gasteiger charge is 2.39. The van der Waals surface area contributed by atoms with Gasteiger partial charge in [-0.25, -0.2) is 0 Å². The number of β-amino-alcohol motifs (C(OH)–C–C–N with tert-alkyl or cyclic N) is 2. The molecule has 0 aromatic carbocycles. The molecule has 21 heavy (non-hydrogen) atoms. The van der Waals surface area contributed by atoms with E-state index in [4.69, 9.17) is 4.74 Å². The van der Waals surface area contributed by atoms with Crippen molar-refractivity contribution < 1.29 is 14.9 Å². The first-order chi connectivity index (χ1) is 10.0. The summed E-state index contributed by atoms with van der Waals surface area (Å²) in [6.07, 6.45) is 3.88. The first-order valence-corrected chi connectivity index (χ1v) is 8.33. The smallest absolute Gasteiger partial charge is 0.0938 e. The molecule has 1 heterocycles. The summed E-state index contributed by atoms with van der Waals surface area (Å²) in [6.45, 7) is 7.17. The first-order valence-electron chi connectivity index (χ1n) is 8.33. The van der Waals surface area contributed by atoms with Crippen molar-refractivity contribution in [2.75, 3.05) is 46.4 Å². The number of hydrogen-bond donors (Lipinski definition) is 3. The van der Waals surface area contributed by atoms with Crippen LogP contribution in [0.1, 0.15) is 32.6 Å². The Hall–Kier alpha value is -0.200. The van der Waals surface area contributed by atoms with Crippen molar-refractivity contribution >= 4 is 0 Å². The maximum absolute atomic E-state index is 9.75. The minimum atomic E-state index is -0.578. The summed E-state index contributed by atoms with van der Waals surface area (Å²) in [6, 6.07) is 0. The van der Waals surface area contributed by atoms with Crippen molar-refractivity contribution in [1.29, 1.82) is 0 Å². The lowest BCUT2D eigenvalue weighted by molar-refractivity contribution is 0.0572. The Balaban J connectivity index is 1.89. The van der Waals surface area contributed by atoms with E-state index < -0.39 is 12.2 Å². The van der Waals surface area contributed by atoms with Gasteiger partial charge in [-0.05, 0) is 24.2 Å². The molecule has 5 heteroatoms. The quantitative estimate of drug-likeness (QED) is 0.596. The second-order valence-corrected chi connectivity index (χ2v) is 7.18. The molecule has 0 aromatic heterocycles. The number of methoxy groups -OCH3 is 1. The normalized spacial score (nSPS) is 38.0. The van der Waals surface area contributed by atoms with E-state index in [1.807, 2.05) is 0 Å². The van der Waals surface area contributed by atoms with E-state index in [1.54, 1.807) is 7.11 Å². The van der Waals surface area contributed by atoms with E-state index in [0.29, 0.717) is 13.1 Å². The number of aliphatic hydroxyl groups is 2. The van der Waals surface area contributed by atoms with Crippen LogP contribution in [0.3, 0.4) is 0 Å². The average Bonchev–Trinajstić information content (AvgIpc) is 2.77. The predicted molar refractivity (Wildman–Crippen MR) is 83.3 cm³/mol. The number of nitrogens with zero attached hydrogens (tertiary/aromatic N) is 1. The van der Waals surface area contributed by atoms with E-state index in [0.717, 1.165) is 32.2 Å². The average molecular weight is 300 g/mol. The molecule has 1 saturated heterocycles. The van der Waals surface area contributed by atoms with Gasteiger partial charge in [-0.1, -0.05) is 19.8 Å². The van der Waals surface area contributed by atoms with E-state index >= 15 is 0 Å². The number of ether oxygens (including phenoxy) is 1. The van der Waals surface area contributed by atoms with Gasteiger partial charge in [0.05, 0.1) is 18.8 Å². The molecule has 2 rings (SSSR count). The van der Waals surface area contributed by atoms with Crippen LogP contribution < -0.4 is 5.32 Å². The Bertz CT molecular complexity index is 296. The fraction of sp³-hybridized carbons (Fsp3) is 1.00. The molecule has 2 unspecified atom stereocenters. The Morgan fingerprint density at radius 2 is 1.81 bits per heavy atom. The maximum atomic E-state index is 9.75. The van der Waals surface area contributed by atoms with E-state index in [1.165, 1.54) is 25.7 Å². The van der Waals surface area contributed by atoms with E-state index in [9.17, 15) is 10.2 Å². The molecular weight excluding hydrogens is 268 g/mol. The molecule has 0 amide bonds. The van der Waals surface area contributed by atoms with Gasteiger partial charge >= 0.3 is 0 Å². The third kappa shape index (κ3) is 4.89. The molecule has 2 fully saturated rings. The van der Waals surface area contributed by atoms with Gasteiger partial charge in [0.15, 0.2) is 0 Å². The SMILES string of the molecule is COCCNCC1(CN2CC(O)C(O)C2)CCC(C)CC1. The van der Waals surface area contributed by atoms with Gasteiger partial charge in [0.2, 0.25) is 0 Å². The lowest BCUT2D eigenvalue weighted by atomic mass is 9.70. The zero-order valence-corrected chi connectivity index (χ0v) is 13.6. The topological polar surface area (TPSA) is 65.0 Å². The molecule has 3 N–H and O–H groups in total. The fourth-order valence-corrected chi connectivity index (χ4v) is 3.74. The van der Waals surface area contributed by atoms with Gasteiger partial charge in [0, 0.05) is 39.8 Å². The Morgan fingerprint density at radius 3 is 2.38 bits per heavy atom. The molecular formula is C16H32N2O3. The zero-order chi connectivity index (χ0) is 15.3.